The fraction of sp³-hybridized carbons (Fsp3) is 1.00. The highest BCUT2D eigenvalue weighted by molar-refractivity contribution is 4.88. The first-order chi connectivity index (χ1) is 11.6. The molecule has 24 heavy (non-hydrogen) atoms. The molecule has 0 aromatic rings. The van der Waals surface area contributed by atoms with E-state index >= 15 is 0 Å². The highest BCUT2D eigenvalue weighted by Crippen LogP contribution is 2.22. The number of aliphatic hydroxyl groups excluding tert-OH is 4. The lowest BCUT2D eigenvalue weighted by Gasteiger charge is -2.39. The Balaban J connectivity index is 2.02. The van der Waals surface area contributed by atoms with Gasteiger partial charge < -0.3 is 29.9 Å². The molecule has 1 heterocycles. The van der Waals surface area contributed by atoms with Crippen LogP contribution in [-0.2, 0) is 9.47 Å². The molecule has 0 bridgehead atoms. The van der Waals surface area contributed by atoms with Crippen molar-refractivity contribution in [1.82, 2.24) is 0 Å². The van der Waals surface area contributed by atoms with Crippen molar-refractivity contribution in [2.24, 2.45) is 0 Å². The zero-order chi connectivity index (χ0) is 17.8. The van der Waals surface area contributed by atoms with Gasteiger partial charge in [-0.3, -0.25) is 0 Å². The number of hydrogen-bond acceptors (Lipinski definition) is 6. The summed E-state index contributed by atoms with van der Waals surface area (Å²) in [6.45, 7) is 2.23. The highest BCUT2D eigenvalue weighted by atomic mass is 16.7. The molecule has 0 aromatic carbocycles. The second kappa shape index (κ2) is 13.0. The van der Waals surface area contributed by atoms with Gasteiger partial charge >= 0.3 is 0 Å². The van der Waals surface area contributed by atoms with E-state index < -0.39 is 37.3 Å². The van der Waals surface area contributed by atoms with E-state index in [1.807, 2.05) is 0 Å². The van der Waals surface area contributed by atoms with E-state index in [2.05, 4.69) is 6.92 Å². The molecule has 1 fully saturated rings. The van der Waals surface area contributed by atoms with E-state index in [4.69, 9.17) is 14.6 Å². The Hall–Kier alpha value is -0.240. The summed E-state index contributed by atoms with van der Waals surface area (Å²) in [6, 6.07) is 0. The van der Waals surface area contributed by atoms with E-state index in [0.717, 1.165) is 12.8 Å². The lowest BCUT2D eigenvalue weighted by Crippen LogP contribution is -2.59. The van der Waals surface area contributed by atoms with Crippen LogP contribution in [0, 0.1) is 0 Å². The monoisotopic (exact) mass is 348 g/mol. The lowest BCUT2D eigenvalue weighted by atomic mass is 9.99. The van der Waals surface area contributed by atoms with Gasteiger partial charge in [0.15, 0.2) is 6.29 Å². The molecule has 1 saturated heterocycles. The van der Waals surface area contributed by atoms with Crippen LogP contribution in [0.4, 0.5) is 0 Å². The van der Waals surface area contributed by atoms with Gasteiger partial charge in [-0.15, -0.1) is 0 Å². The normalized spacial score (nSPS) is 30.6. The number of aliphatic hydroxyl groups is 4. The SMILES string of the molecule is CCCCCCCCCCCCO[C@@H]1OC(CO)[C@@H](O)[C@@H](O)C1O. The third-order valence-electron chi connectivity index (χ3n) is 4.63. The van der Waals surface area contributed by atoms with Crippen LogP contribution in [0.5, 0.6) is 0 Å². The lowest BCUT2D eigenvalue weighted by molar-refractivity contribution is -0.301. The van der Waals surface area contributed by atoms with Crippen molar-refractivity contribution in [3.8, 4) is 0 Å². The molecular formula is C18H36O6. The average molecular weight is 348 g/mol. The van der Waals surface area contributed by atoms with Gasteiger partial charge in [-0.1, -0.05) is 64.7 Å². The van der Waals surface area contributed by atoms with Crippen molar-refractivity contribution in [1.29, 1.82) is 0 Å². The van der Waals surface area contributed by atoms with E-state index in [1.165, 1.54) is 51.4 Å². The van der Waals surface area contributed by atoms with Crippen LogP contribution in [-0.4, -0.2) is 64.3 Å². The summed E-state index contributed by atoms with van der Waals surface area (Å²) in [5, 5.41) is 38.3. The summed E-state index contributed by atoms with van der Waals surface area (Å²) >= 11 is 0. The molecule has 1 aliphatic rings. The molecule has 0 aromatic heterocycles. The second-order valence-corrected chi connectivity index (χ2v) is 6.75. The van der Waals surface area contributed by atoms with Crippen molar-refractivity contribution >= 4 is 0 Å². The van der Waals surface area contributed by atoms with Gasteiger partial charge in [0, 0.05) is 6.61 Å². The van der Waals surface area contributed by atoms with Crippen molar-refractivity contribution in [2.45, 2.75) is 102 Å². The third kappa shape index (κ3) is 7.76. The Morgan fingerprint density at radius 3 is 1.83 bits per heavy atom. The van der Waals surface area contributed by atoms with Crippen molar-refractivity contribution in [3.63, 3.8) is 0 Å². The standard InChI is InChI=1S/C18H36O6/c1-2-3-4-5-6-7-8-9-10-11-12-23-18-17(22)16(21)15(20)14(13-19)24-18/h14-22H,2-13H2,1H3/t14?,15-,16-,17?,18-/m1/s1. The highest BCUT2D eigenvalue weighted by Gasteiger charge is 2.43. The van der Waals surface area contributed by atoms with Gasteiger partial charge in [0.1, 0.15) is 24.4 Å². The van der Waals surface area contributed by atoms with Crippen molar-refractivity contribution in [3.05, 3.63) is 0 Å². The molecule has 2 unspecified atom stereocenters. The third-order valence-corrected chi connectivity index (χ3v) is 4.63. The van der Waals surface area contributed by atoms with E-state index in [9.17, 15) is 15.3 Å². The van der Waals surface area contributed by atoms with Gasteiger partial charge in [0.25, 0.3) is 0 Å². The first-order valence-electron chi connectivity index (χ1n) is 9.54. The first kappa shape index (κ1) is 21.8. The van der Waals surface area contributed by atoms with Crippen molar-refractivity contribution in [2.75, 3.05) is 13.2 Å². The summed E-state index contributed by atoms with van der Waals surface area (Å²) in [7, 11) is 0. The Morgan fingerprint density at radius 2 is 1.29 bits per heavy atom. The maximum atomic E-state index is 9.84. The average Bonchev–Trinajstić information content (AvgIpc) is 2.59. The van der Waals surface area contributed by atoms with Crippen LogP contribution < -0.4 is 0 Å². The molecule has 4 N–H and O–H groups in total. The Morgan fingerprint density at radius 1 is 0.750 bits per heavy atom. The molecule has 0 radical (unpaired) electrons. The number of unbranched alkanes of at least 4 members (excludes halogenated alkanes) is 9. The maximum absolute atomic E-state index is 9.84. The van der Waals surface area contributed by atoms with Gasteiger partial charge in [-0.25, -0.2) is 0 Å². The van der Waals surface area contributed by atoms with Crippen LogP contribution in [0.2, 0.25) is 0 Å². The number of ether oxygens (including phenoxy) is 2. The maximum Gasteiger partial charge on any atom is 0.186 e. The molecule has 0 aliphatic carbocycles. The fourth-order valence-corrected chi connectivity index (χ4v) is 2.99. The van der Waals surface area contributed by atoms with Gasteiger partial charge in [-0.05, 0) is 6.42 Å². The molecule has 1 rings (SSSR count). The van der Waals surface area contributed by atoms with Gasteiger partial charge in [-0.2, -0.15) is 0 Å². The summed E-state index contributed by atoms with van der Waals surface area (Å²) in [5.41, 5.74) is 0. The largest absolute Gasteiger partial charge is 0.394 e. The van der Waals surface area contributed by atoms with Crippen LogP contribution in [0.15, 0.2) is 0 Å². The van der Waals surface area contributed by atoms with Crippen LogP contribution >= 0.6 is 0 Å². The molecule has 5 atom stereocenters. The summed E-state index contributed by atoms with van der Waals surface area (Å²) < 4.78 is 10.8. The topological polar surface area (TPSA) is 99.4 Å². The Bertz CT molecular complexity index is 299. The van der Waals surface area contributed by atoms with Gasteiger partial charge in [0.05, 0.1) is 6.61 Å². The fourth-order valence-electron chi connectivity index (χ4n) is 2.99. The van der Waals surface area contributed by atoms with Gasteiger partial charge in [0.2, 0.25) is 0 Å². The summed E-state index contributed by atoms with van der Waals surface area (Å²) in [4.78, 5) is 0. The predicted octanol–water partition coefficient (Wildman–Crippen LogP) is 1.72. The minimum Gasteiger partial charge on any atom is -0.394 e. The summed E-state index contributed by atoms with van der Waals surface area (Å²) in [6.07, 6.45) is 6.37. The van der Waals surface area contributed by atoms with Crippen LogP contribution in [0.3, 0.4) is 0 Å². The molecule has 0 amide bonds. The Kier molecular flexibility index (Phi) is 11.8. The molecule has 144 valence electrons. The summed E-state index contributed by atoms with van der Waals surface area (Å²) in [5.74, 6) is 0. The molecule has 1 aliphatic heterocycles. The minimum absolute atomic E-state index is 0.428. The van der Waals surface area contributed by atoms with E-state index in [0.29, 0.717) is 6.61 Å². The van der Waals surface area contributed by atoms with Crippen LogP contribution in [0.1, 0.15) is 71.1 Å². The van der Waals surface area contributed by atoms with Crippen molar-refractivity contribution < 1.29 is 29.9 Å². The molecule has 0 saturated carbocycles. The zero-order valence-electron chi connectivity index (χ0n) is 15.0. The number of hydrogen-bond donors (Lipinski definition) is 4. The van der Waals surface area contributed by atoms with Crippen LogP contribution in [0.25, 0.3) is 0 Å². The number of rotatable bonds is 13. The Labute approximate surface area is 145 Å². The molecule has 6 nitrogen and oxygen atoms in total. The van der Waals surface area contributed by atoms with E-state index in [1.54, 1.807) is 0 Å². The predicted molar refractivity (Wildman–Crippen MR) is 91.6 cm³/mol. The first-order valence-corrected chi connectivity index (χ1v) is 9.54. The second-order valence-electron chi connectivity index (χ2n) is 6.75. The molecule has 0 spiro atoms. The smallest absolute Gasteiger partial charge is 0.186 e. The molecular weight excluding hydrogens is 312 g/mol. The minimum atomic E-state index is -1.37. The molecule has 6 heteroatoms. The van der Waals surface area contributed by atoms with E-state index in [-0.39, 0.29) is 0 Å². The zero-order valence-corrected chi connectivity index (χ0v) is 15.0. The quantitative estimate of drug-likeness (QED) is 0.378.